The highest BCUT2D eigenvalue weighted by molar-refractivity contribution is 9.11. The van der Waals surface area contributed by atoms with E-state index >= 15 is 0 Å². The van der Waals surface area contributed by atoms with Crippen LogP contribution in [0.1, 0.15) is 60.0 Å². The Morgan fingerprint density at radius 2 is 2.07 bits per heavy atom. The number of anilines is 1. The van der Waals surface area contributed by atoms with Gasteiger partial charge in [0.05, 0.1) is 29.7 Å². The molecular weight excluding hydrogens is 632 g/mol. The summed E-state index contributed by atoms with van der Waals surface area (Å²) in [5.74, 6) is -0.204. The fourth-order valence-electron chi connectivity index (χ4n) is 6.64. The fourth-order valence-corrected chi connectivity index (χ4v) is 7.93. The van der Waals surface area contributed by atoms with Gasteiger partial charge in [-0.05, 0) is 109 Å². The van der Waals surface area contributed by atoms with Gasteiger partial charge in [-0.2, -0.15) is 0 Å². The number of hydrogen-bond donors (Lipinski definition) is 3. The monoisotopic (exact) mass is 666 g/mol. The first-order valence-corrected chi connectivity index (χ1v) is 16.9. The molecule has 2 aromatic rings. The van der Waals surface area contributed by atoms with E-state index in [0.29, 0.717) is 38.3 Å². The number of carboxylic acids is 1. The Balaban J connectivity index is 1.40. The quantitative estimate of drug-likeness (QED) is 0.333. The summed E-state index contributed by atoms with van der Waals surface area (Å²) in [6, 6.07) is 11.1. The lowest BCUT2D eigenvalue weighted by molar-refractivity contribution is 0.0455. The molecule has 0 saturated heterocycles. The van der Waals surface area contributed by atoms with Gasteiger partial charge in [-0.25, -0.2) is 18.4 Å². The fraction of sp³-hybridized carbons (Fsp3) is 0.500. The van der Waals surface area contributed by atoms with Crippen LogP contribution >= 0.6 is 27.5 Å². The van der Waals surface area contributed by atoms with E-state index in [0.717, 1.165) is 47.3 Å². The average Bonchev–Trinajstić information content (AvgIpc) is 3.02. The van der Waals surface area contributed by atoms with E-state index in [1.54, 1.807) is 24.3 Å². The molecule has 41 heavy (non-hydrogen) atoms. The minimum absolute atomic E-state index is 0.0319. The largest absolute Gasteiger partial charge is 0.490 e. The maximum atomic E-state index is 11.9. The van der Waals surface area contributed by atoms with E-state index in [2.05, 4.69) is 26.9 Å². The molecule has 5 rings (SSSR count). The number of carboxylic acid groups (broad SMARTS) is 1. The summed E-state index contributed by atoms with van der Waals surface area (Å²) in [4.78, 5) is 14.1. The average molecular weight is 668 g/mol. The van der Waals surface area contributed by atoms with Gasteiger partial charge in [0, 0.05) is 23.5 Å². The van der Waals surface area contributed by atoms with Crippen LogP contribution in [0.4, 0.5) is 5.69 Å². The molecule has 1 heterocycles. The second-order valence-electron chi connectivity index (χ2n) is 11.7. The van der Waals surface area contributed by atoms with Gasteiger partial charge in [0.25, 0.3) is 0 Å². The van der Waals surface area contributed by atoms with Gasteiger partial charge < -0.3 is 19.8 Å². The number of hydrogen-bond acceptors (Lipinski definition) is 6. The van der Waals surface area contributed by atoms with E-state index in [-0.39, 0.29) is 28.6 Å². The summed E-state index contributed by atoms with van der Waals surface area (Å²) in [5, 5.41) is 26.6. The van der Waals surface area contributed by atoms with Crippen LogP contribution in [-0.2, 0) is 21.9 Å². The Labute approximate surface area is 254 Å². The molecule has 4 N–H and O–H groups in total. The third kappa shape index (κ3) is 6.94. The number of fused-ring (bicyclic) bond motifs is 3. The van der Waals surface area contributed by atoms with Gasteiger partial charge in [0.2, 0.25) is 10.0 Å². The van der Waals surface area contributed by atoms with Crippen LogP contribution in [0.3, 0.4) is 0 Å². The minimum atomic E-state index is -3.52. The lowest BCUT2D eigenvalue weighted by Crippen LogP contribution is -2.49. The van der Waals surface area contributed by atoms with Gasteiger partial charge in [-0.3, -0.25) is 0 Å². The molecule has 0 unspecified atom stereocenters. The minimum Gasteiger partial charge on any atom is -0.490 e. The summed E-state index contributed by atoms with van der Waals surface area (Å²) in [6.45, 7) is 1.81. The number of sulfonamides is 1. The Kier molecular flexibility index (Phi) is 9.07. The molecule has 1 saturated carbocycles. The Hall–Kier alpha value is -2.11. The molecule has 0 amide bonds. The number of primary sulfonamides is 1. The number of rotatable bonds is 9. The third-order valence-electron chi connectivity index (χ3n) is 8.85. The predicted molar refractivity (Wildman–Crippen MR) is 164 cm³/mol. The zero-order chi connectivity index (χ0) is 29.4. The van der Waals surface area contributed by atoms with E-state index < -0.39 is 22.1 Å². The number of aryl methyl sites for hydroxylation is 1. The molecule has 4 atom stereocenters. The van der Waals surface area contributed by atoms with E-state index in [1.165, 1.54) is 11.1 Å². The lowest BCUT2D eigenvalue weighted by atomic mass is 9.68. The maximum absolute atomic E-state index is 11.9. The van der Waals surface area contributed by atoms with Gasteiger partial charge in [-0.15, -0.1) is 0 Å². The van der Waals surface area contributed by atoms with Gasteiger partial charge >= 0.3 is 5.97 Å². The van der Waals surface area contributed by atoms with Crippen molar-refractivity contribution >= 4 is 49.2 Å². The summed E-state index contributed by atoms with van der Waals surface area (Å²) in [7, 11) is -3.52. The van der Waals surface area contributed by atoms with Crippen molar-refractivity contribution < 1.29 is 28.2 Å². The summed E-state index contributed by atoms with van der Waals surface area (Å²) >= 11 is 9.83. The number of aromatic carboxylic acids is 1. The number of benzene rings is 2. The normalized spacial score (nSPS) is 25.0. The van der Waals surface area contributed by atoms with Crippen LogP contribution in [0.15, 0.2) is 47.0 Å². The summed E-state index contributed by atoms with van der Waals surface area (Å²) < 4.78 is 29.7. The molecule has 2 aromatic carbocycles. The molecule has 2 aliphatic carbocycles. The van der Waals surface area contributed by atoms with Gasteiger partial charge in [0.1, 0.15) is 5.75 Å². The number of aliphatic hydroxyl groups excluding tert-OH is 1. The van der Waals surface area contributed by atoms with Gasteiger partial charge in [0.15, 0.2) is 0 Å². The summed E-state index contributed by atoms with van der Waals surface area (Å²) in [5.41, 5.74) is 3.17. The van der Waals surface area contributed by atoms with Crippen molar-refractivity contribution in [2.24, 2.45) is 17.0 Å². The molecule has 8 nitrogen and oxygen atoms in total. The van der Waals surface area contributed by atoms with Crippen LogP contribution in [0.5, 0.6) is 5.75 Å². The van der Waals surface area contributed by atoms with Crippen LogP contribution in [0, 0.1) is 11.8 Å². The molecule has 222 valence electrons. The first kappa shape index (κ1) is 30.4. The van der Waals surface area contributed by atoms with Crippen molar-refractivity contribution in [3.05, 3.63) is 68.7 Å². The molecule has 0 bridgehead atoms. The maximum Gasteiger partial charge on any atom is 0.335 e. The van der Waals surface area contributed by atoms with Gasteiger partial charge in [-0.1, -0.05) is 33.6 Å². The van der Waals surface area contributed by atoms with Crippen molar-refractivity contribution in [2.75, 3.05) is 30.3 Å². The van der Waals surface area contributed by atoms with Crippen molar-refractivity contribution in [1.82, 2.24) is 0 Å². The van der Waals surface area contributed by atoms with E-state index in [1.807, 2.05) is 12.1 Å². The first-order valence-electron chi connectivity index (χ1n) is 14.0. The Morgan fingerprint density at radius 1 is 1.27 bits per heavy atom. The molecule has 0 radical (unpaired) electrons. The highest BCUT2D eigenvalue weighted by Crippen LogP contribution is 2.46. The molecule has 1 aliphatic heterocycles. The molecular formula is C30H36BrClN2O6S. The van der Waals surface area contributed by atoms with Crippen LogP contribution in [0.25, 0.3) is 0 Å². The second-order valence-corrected chi connectivity index (χ2v) is 14.9. The van der Waals surface area contributed by atoms with Crippen molar-refractivity contribution in [2.45, 2.75) is 56.5 Å². The summed E-state index contributed by atoms with van der Waals surface area (Å²) in [6.07, 6.45) is 6.68. The Bertz CT molecular complexity index is 1450. The third-order valence-corrected chi connectivity index (χ3v) is 10.6. The number of aliphatic hydroxyl groups is 1. The molecule has 0 aromatic heterocycles. The smallest absolute Gasteiger partial charge is 0.335 e. The number of nitrogens with two attached hydrogens (primary N) is 1. The second kappa shape index (κ2) is 12.2. The van der Waals surface area contributed by atoms with Crippen molar-refractivity contribution in [1.29, 1.82) is 0 Å². The first-order chi connectivity index (χ1) is 19.4. The van der Waals surface area contributed by atoms with E-state index in [4.69, 9.17) is 21.5 Å². The number of nitrogens with zero attached hydrogens (tertiary/aromatic N) is 1. The van der Waals surface area contributed by atoms with Crippen LogP contribution in [0.2, 0.25) is 5.02 Å². The molecule has 1 spiro atoms. The number of halogens is 2. The lowest BCUT2D eigenvalue weighted by Gasteiger charge is -2.45. The number of carbonyl (C=O) groups is 1. The SMILES string of the molecule is NS(=O)(=O)CCC/C(Br)=C/[C@@H](O)[C@@H]1CC[C@H]1CN1C[C@@]2(CCCc3cc(Cl)ccc32)COc2ccc(C(=O)O)cc21. The van der Waals surface area contributed by atoms with Crippen molar-refractivity contribution in [3.63, 3.8) is 0 Å². The molecule has 3 aliphatic rings. The van der Waals surface area contributed by atoms with Crippen molar-refractivity contribution in [3.8, 4) is 5.75 Å². The highest BCUT2D eigenvalue weighted by atomic mass is 79.9. The topological polar surface area (TPSA) is 130 Å². The number of ether oxygens (including phenoxy) is 1. The van der Waals surface area contributed by atoms with E-state index in [9.17, 15) is 23.4 Å². The molecule has 11 heteroatoms. The van der Waals surface area contributed by atoms with Crippen LogP contribution in [-0.4, -0.2) is 56.2 Å². The molecule has 1 fully saturated rings. The predicted octanol–water partition coefficient (Wildman–Crippen LogP) is 5.25. The Morgan fingerprint density at radius 3 is 2.78 bits per heavy atom. The van der Waals surface area contributed by atoms with Crippen LogP contribution < -0.4 is 14.8 Å². The zero-order valence-corrected chi connectivity index (χ0v) is 25.9. The highest BCUT2D eigenvalue weighted by Gasteiger charge is 2.44. The standard InChI is InChI=1S/C30H36BrClN2O6S/c31-22(4-2-12-41(33,38)39)15-27(35)24-8-5-21(24)16-34-17-30(11-1-3-19-13-23(32)7-9-25(19)30)18-40-28-10-6-20(29(36)37)14-26(28)34/h6-7,9-10,13-15,21,24,27,35H,1-5,8,11-12,16-18H2,(H,36,37)(H2,33,38,39)/b22-15-/t21-,24+,27+,30-/m0/s1. The zero-order valence-electron chi connectivity index (χ0n) is 22.8. The number of allylic oxidation sites excluding steroid dienone is 1.